The van der Waals surface area contributed by atoms with E-state index in [9.17, 15) is 9.59 Å². The Morgan fingerprint density at radius 1 is 0.853 bits per heavy atom. The molecule has 34 heavy (non-hydrogen) atoms. The van der Waals surface area contributed by atoms with Crippen molar-refractivity contribution >= 4 is 17.5 Å². The van der Waals surface area contributed by atoms with E-state index in [0.29, 0.717) is 31.6 Å². The molecule has 0 N–H and O–H groups in total. The summed E-state index contributed by atoms with van der Waals surface area (Å²) >= 11 is 0. The summed E-state index contributed by atoms with van der Waals surface area (Å²) in [6.07, 6.45) is 0.524. The van der Waals surface area contributed by atoms with E-state index in [-0.39, 0.29) is 11.8 Å². The van der Waals surface area contributed by atoms with E-state index in [1.54, 1.807) is 4.90 Å². The first-order valence-electron chi connectivity index (χ1n) is 12.1. The summed E-state index contributed by atoms with van der Waals surface area (Å²) in [7, 11) is 0. The molecule has 3 aromatic rings. The minimum absolute atomic E-state index is 0.0427. The molecule has 3 aromatic carbocycles. The highest BCUT2D eigenvalue weighted by Crippen LogP contribution is 2.28. The summed E-state index contributed by atoms with van der Waals surface area (Å²) in [6, 6.07) is 23.6. The first-order valence-corrected chi connectivity index (χ1v) is 12.1. The van der Waals surface area contributed by atoms with Gasteiger partial charge in [0.2, 0.25) is 5.91 Å². The lowest BCUT2D eigenvalue weighted by atomic mass is 10.0. The van der Waals surface area contributed by atoms with Crippen LogP contribution in [0, 0.1) is 13.8 Å². The molecule has 1 atom stereocenters. The number of nitrogens with zero attached hydrogens (tertiary/aromatic N) is 3. The van der Waals surface area contributed by atoms with E-state index < -0.39 is 6.04 Å². The quantitative estimate of drug-likeness (QED) is 0.581. The molecule has 0 unspecified atom stereocenters. The van der Waals surface area contributed by atoms with Crippen LogP contribution in [-0.4, -0.2) is 53.8 Å². The number of hydrogen-bond donors (Lipinski definition) is 0. The van der Waals surface area contributed by atoms with E-state index in [4.69, 9.17) is 0 Å². The Morgan fingerprint density at radius 3 is 2.29 bits per heavy atom. The first kappa shape index (κ1) is 22.2. The van der Waals surface area contributed by atoms with Crippen LogP contribution in [0.15, 0.2) is 72.8 Å². The Hall–Kier alpha value is -3.60. The molecule has 174 valence electrons. The Morgan fingerprint density at radius 2 is 1.56 bits per heavy atom. The number of carbonyl (C=O) groups excluding carboxylic acids is 2. The van der Waals surface area contributed by atoms with Crippen molar-refractivity contribution in [1.29, 1.82) is 0 Å². The highest BCUT2D eigenvalue weighted by molar-refractivity contribution is 6.01. The van der Waals surface area contributed by atoms with Crippen LogP contribution in [0.4, 0.5) is 5.69 Å². The van der Waals surface area contributed by atoms with Gasteiger partial charge < -0.3 is 14.7 Å². The minimum atomic E-state index is -0.505. The maximum absolute atomic E-state index is 13.9. The fraction of sp³-hybridized carbons (Fsp3) is 0.310. The predicted octanol–water partition coefficient (Wildman–Crippen LogP) is 4.22. The zero-order chi connectivity index (χ0) is 23.7. The van der Waals surface area contributed by atoms with Crippen LogP contribution in [0.1, 0.15) is 32.6 Å². The zero-order valence-corrected chi connectivity index (χ0v) is 19.9. The second-order valence-electron chi connectivity index (χ2n) is 9.33. The molecule has 5 heteroatoms. The van der Waals surface area contributed by atoms with Gasteiger partial charge in [-0.05, 0) is 48.2 Å². The molecule has 0 spiro atoms. The van der Waals surface area contributed by atoms with E-state index in [1.807, 2.05) is 59.5 Å². The number of fused-ring (bicyclic) bond motifs is 1. The van der Waals surface area contributed by atoms with Crippen molar-refractivity contribution in [2.75, 3.05) is 31.1 Å². The van der Waals surface area contributed by atoms with Crippen molar-refractivity contribution in [3.63, 3.8) is 0 Å². The molecule has 5 rings (SSSR count). The van der Waals surface area contributed by atoms with Gasteiger partial charge in [-0.3, -0.25) is 9.59 Å². The highest BCUT2D eigenvalue weighted by Gasteiger charge is 2.38. The fourth-order valence-electron chi connectivity index (χ4n) is 5.15. The lowest BCUT2D eigenvalue weighted by Crippen LogP contribution is -2.55. The second kappa shape index (κ2) is 9.34. The molecule has 1 fully saturated rings. The molecule has 0 aliphatic carbocycles. The third kappa shape index (κ3) is 4.18. The summed E-state index contributed by atoms with van der Waals surface area (Å²) in [6.45, 7) is 7.69. The van der Waals surface area contributed by atoms with Gasteiger partial charge in [0.25, 0.3) is 5.91 Å². The number of piperazine rings is 1. The molecule has 2 aliphatic heterocycles. The Kier molecular flexibility index (Phi) is 6.10. The summed E-state index contributed by atoms with van der Waals surface area (Å²) in [5.41, 5.74) is 6.61. The Balaban J connectivity index is 1.35. The number of aryl methyl sites for hydroxylation is 1. The fourth-order valence-corrected chi connectivity index (χ4v) is 5.15. The first-order chi connectivity index (χ1) is 16.5. The van der Waals surface area contributed by atoms with Crippen molar-refractivity contribution < 1.29 is 9.59 Å². The van der Waals surface area contributed by atoms with Crippen LogP contribution in [-0.2, 0) is 17.8 Å². The largest absolute Gasteiger partial charge is 0.368 e. The van der Waals surface area contributed by atoms with Gasteiger partial charge in [-0.2, -0.15) is 0 Å². The molecule has 2 heterocycles. The Labute approximate surface area is 201 Å². The topological polar surface area (TPSA) is 43.9 Å². The van der Waals surface area contributed by atoms with Crippen LogP contribution in [0.2, 0.25) is 0 Å². The lowest BCUT2D eigenvalue weighted by molar-refractivity contribution is -0.136. The maximum atomic E-state index is 13.9. The van der Waals surface area contributed by atoms with E-state index >= 15 is 0 Å². The van der Waals surface area contributed by atoms with Crippen molar-refractivity contribution in [3.8, 4) is 0 Å². The molecule has 0 saturated carbocycles. The number of benzene rings is 3. The van der Waals surface area contributed by atoms with E-state index in [0.717, 1.165) is 24.2 Å². The van der Waals surface area contributed by atoms with Gasteiger partial charge in [-0.25, -0.2) is 0 Å². The van der Waals surface area contributed by atoms with Gasteiger partial charge in [0.1, 0.15) is 6.04 Å². The summed E-state index contributed by atoms with van der Waals surface area (Å²) < 4.78 is 0. The number of hydrogen-bond acceptors (Lipinski definition) is 3. The number of anilines is 1. The van der Waals surface area contributed by atoms with Gasteiger partial charge >= 0.3 is 0 Å². The number of amides is 2. The van der Waals surface area contributed by atoms with E-state index in [1.165, 1.54) is 16.8 Å². The summed E-state index contributed by atoms with van der Waals surface area (Å²) in [5, 5.41) is 0. The average molecular weight is 454 g/mol. The Bertz CT molecular complexity index is 1200. The smallest absolute Gasteiger partial charge is 0.255 e. The minimum Gasteiger partial charge on any atom is -0.368 e. The summed E-state index contributed by atoms with van der Waals surface area (Å²) in [4.78, 5) is 33.2. The average Bonchev–Trinajstić information content (AvgIpc) is 3.21. The molecule has 1 saturated heterocycles. The normalized spacial score (nSPS) is 16.5. The monoisotopic (exact) mass is 453 g/mol. The van der Waals surface area contributed by atoms with Crippen LogP contribution < -0.4 is 4.90 Å². The third-order valence-electron chi connectivity index (χ3n) is 7.29. The molecular formula is C29H31N3O2. The van der Waals surface area contributed by atoms with Gasteiger partial charge in [-0.1, -0.05) is 60.7 Å². The van der Waals surface area contributed by atoms with Crippen LogP contribution in [0.3, 0.4) is 0 Å². The van der Waals surface area contributed by atoms with Crippen LogP contribution in [0.25, 0.3) is 0 Å². The van der Waals surface area contributed by atoms with Gasteiger partial charge in [0, 0.05) is 50.4 Å². The molecule has 0 radical (unpaired) electrons. The molecular weight excluding hydrogens is 422 g/mol. The van der Waals surface area contributed by atoms with Gasteiger partial charge in [0.15, 0.2) is 0 Å². The zero-order valence-electron chi connectivity index (χ0n) is 19.9. The molecule has 5 nitrogen and oxygen atoms in total. The summed E-state index contributed by atoms with van der Waals surface area (Å²) in [5.74, 6) is 0.00419. The second-order valence-corrected chi connectivity index (χ2v) is 9.33. The van der Waals surface area contributed by atoms with Gasteiger partial charge in [-0.15, -0.1) is 0 Å². The van der Waals surface area contributed by atoms with Crippen LogP contribution in [0.5, 0.6) is 0 Å². The number of carbonyl (C=O) groups is 2. The standard InChI is InChI=1S/C29H31N3O2/c1-21-9-8-14-26(22(21)2)30-15-17-31(18-16-30)29(34)27(19-23-10-4-3-5-11-23)32-20-24-12-6-7-13-25(24)28(32)33/h3-14,27H,15-20H2,1-2H3/t27-/m0/s1. The SMILES string of the molecule is Cc1cccc(N2CCN(C(=O)[C@H](Cc3ccccc3)N3Cc4ccccc4C3=O)CC2)c1C. The van der Waals surface area contributed by atoms with Crippen molar-refractivity contribution in [2.45, 2.75) is 32.9 Å². The maximum Gasteiger partial charge on any atom is 0.255 e. The highest BCUT2D eigenvalue weighted by atomic mass is 16.2. The number of rotatable bonds is 5. The molecule has 2 amide bonds. The van der Waals surface area contributed by atoms with Crippen molar-refractivity contribution in [3.05, 3.63) is 101 Å². The lowest BCUT2D eigenvalue weighted by Gasteiger charge is -2.39. The molecule has 0 aromatic heterocycles. The predicted molar refractivity (Wildman–Crippen MR) is 135 cm³/mol. The molecule has 0 bridgehead atoms. The van der Waals surface area contributed by atoms with Gasteiger partial charge in [0.05, 0.1) is 0 Å². The molecule has 2 aliphatic rings. The third-order valence-corrected chi connectivity index (χ3v) is 7.29. The van der Waals surface area contributed by atoms with E-state index in [2.05, 4.69) is 36.9 Å². The van der Waals surface area contributed by atoms with Crippen LogP contribution >= 0.6 is 0 Å². The van der Waals surface area contributed by atoms with Crippen molar-refractivity contribution in [1.82, 2.24) is 9.80 Å². The van der Waals surface area contributed by atoms with Crippen molar-refractivity contribution in [2.24, 2.45) is 0 Å².